The lowest BCUT2D eigenvalue weighted by Crippen LogP contribution is -2.35. The lowest BCUT2D eigenvalue weighted by molar-refractivity contribution is 0.102. The molecule has 0 spiro atoms. The van der Waals surface area contributed by atoms with Gasteiger partial charge < -0.3 is 5.32 Å². The van der Waals surface area contributed by atoms with Crippen molar-refractivity contribution in [3.8, 4) is 0 Å². The first-order chi connectivity index (χ1) is 12.4. The summed E-state index contributed by atoms with van der Waals surface area (Å²) in [6.07, 6.45) is 2.74. The van der Waals surface area contributed by atoms with Crippen molar-refractivity contribution < 1.29 is 17.6 Å². The van der Waals surface area contributed by atoms with Crippen molar-refractivity contribution in [2.24, 2.45) is 0 Å². The third kappa shape index (κ3) is 4.13. The van der Waals surface area contributed by atoms with Crippen molar-refractivity contribution in [2.45, 2.75) is 24.2 Å². The van der Waals surface area contributed by atoms with Gasteiger partial charge in [-0.1, -0.05) is 12.5 Å². The minimum atomic E-state index is -3.58. The Balaban J connectivity index is 1.80. The van der Waals surface area contributed by atoms with Gasteiger partial charge in [0, 0.05) is 24.3 Å². The Morgan fingerprint density at radius 2 is 1.81 bits per heavy atom. The molecule has 1 aliphatic heterocycles. The summed E-state index contributed by atoms with van der Waals surface area (Å²) in [5.41, 5.74) is 0.492. The quantitative estimate of drug-likeness (QED) is 0.780. The van der Waals surface area contributed by atoms with Crippen LogP contribution in [0.3, 0.4) is 0 Å². The van der Waals surface area contributed by atoms with Crippen molar-refractivity contribution >= 4 is 37.5 Å². The summed E-state index contributed by atoms with van der Waals surface area (Å²) >= 11 is 3.04. The zero-order valence-corrected chi connectivity index (χ0v) is 16.3. The highest BCUT2D eigenvalue weighted by atomic mass is 79.9. The van der Waals surface area contributed by atoms with Gasteiger partial charge in [-0.2, -0.15) is 4.31 Å². The molecule has 2 aromatic carbocycles. The van der Waals surface area contributed by atoms with E-state index in [2.05, 4.69) is 21.2 Å². The van der Waals surface area contributed by atoms with Crippen molar-refractivity contribution in [1.29, 1.82) is 0 Å². The average Bonchev–Trinajstić information content (AvgIpc) is 2.65. The standard InChI is InChI=1S/C18H18BrFN2O3S/c19-16-8-7-13(11-17(16)20)18(23)21-14-5-4-6-15(12-14)26(24,25)22-9-2-1-3-10-22/h4-8,11-12H,1-3,9-10H2,(H,21,23). The number of carbonyl (C=O) groups excluding carboxylic acids is 1. The van der Waals surface area contributed by atoms with Crippen LogP contribution >= 0.6 is 15.9 Å². The van der Waals surface area contributed by atoms with Gasteiger partial charge in [-0.25, -0.2) is 12.8 Å². The zero-order valence-electron chi connectivity index (χ0n) is 13.9. The van der Waals surface area contributed by atoms with Crippen molar-refractivity contribution in [1.82, 2.24) is 4.31 Å². The average molecular weight is 441 g/mol. The lowest BCUT2D eigenvalue weighted by atomic mass is 10.2. The molecule has 1 N–H and O–H groups in total. The third-order valence-corrected chi connectivity index (χ3v) is 6.76. The summed E-state index contributed by atoms with van der Waals surface area (Å²) in [4.78, 5) is 12.4. The van der Waals surface area contributed by atoms with Gasteiger partial charge in [0.1, 0.15) is 5.82 Å². The minimum absolute atomic E-state index is 0.138. The summed E-state index contributed by atoms with van der Waals surface area (Å²) in [5, 5.41) is 2.62. The van der Waals surface area contributed by atoms with E-state index >= 15 is 0 Å². The number of halogens is 2. The Bertz CT molecular complexity index is 928. The van der Waals surface area contributed by atoms with Gasteiger partial charge in [0.2, 0.25) is 10.0 Å². The molecule has 5 nitrogen and oxygen atoms in total. The first-order valence-electron chi connectivity index (χ1n) is 8.24. The van der Waals surface area contributed by atoms with Crippen LogP contribution in [-0.4, -0.2) is 31.7 Å². The predicted octanol–water partition coefficient (Wildman–Crippen LogP) is 4.02. The topological polar surface area (TPSA) is 66.5 Å². The van der Waals surface area contributed by atoms with E-state index in [-0.39, 0.29) is 14.9 Å². The highest BCUT2D eigenvalue weighted by Gasteiger charge is 2.26. The molecule has 0 saturated carbocycles. The first kappa shape index (κ1) is 19.0. The maximum Gasteiger partial charge on any atom is 0.255 e. The fraction of sp³-hybridized carbons (Fsp3) is 0.278. The van der Waals surface area contributed by atoms with Crippen LogP contribution in [0.15, 0.2) is 51.8 Å². The molecule has 0 atom stereocenters. The molecule has 0 aromatic heterocycles. The number of piperidine rings is 1. The van der Waals surface area contributed by atoms with Crippen LogP contribution in [0, 0.1) is 5.82 Å². The van der Waals surface area contributed by atoms with Crippen LogP contribution in [0.4, 0.5) is 10.1 Å². The Labute approximate surface area is 160 Å². The second-order valence-electron chi connectivity index (χ2n) is 6.08. The molecule has 1 heterocycles. The Kier molecular flexibility index (Phi) is 5.74. The van der Waals surface area contributed by atoms with Crippen LogP contribution in [0.2, 0.25) is 0 Å². The number of amides is 1. The van der Waals surface area contributed by atoms with E-state index < -0.39 is 21.7 Å². The molecule has 0 radical (unpaired) electrons. The largest absolute Gasteiger partial charge is 0.322 e. The van der Waals surface area contributed by atoms with E-state index in [0.29, 0.717) is 18.8 Å². The van der Waals surface area contributed by atoms with E-state index in [1.165, 1.54) is 28.6 Å². The van der Waals surface area contributed by atoms with Gasteiger partial charge in [0.05, 0.1) is 9.37 Å². The summed E-state index contributed by atoms with van der Waals surface area (Å²) in [6.45, 7) is 1.02. The van der Waals surface area contributed by atoms with Crippen LogP contribution in [-0.2, 0) is 10.0 Å². The highest BCUT2D eigenvalue weighted by molar-refractivity contribution is 9.10. The van der Waals surface area contributed by atoms with Gasteiger partial charge in [-0.05, 0) is 65.2 Å². The van der Waals surface area contributed by atoms with Gasteiger partial charge in [-0.3, -0.25) is 4.79 Å². The minimum Gasteiger partial charge on any atom is -0.322 e. The first-order valence-corrected chi connectivity index (χ1v) is 10.5. The molecule has 0 bridgehead atoms. The number of nitrogens with one attached hydrogen (secondary N) is 1. The second-order valence-corrected chi connectivity index (χ2v) is 8.87. The molecule has 1 saturated heterocycles. The number of hydrogen-bond donors (Lipinski definition) is 1. The van der Waals surface area contributed by atoms with Crippen molar-refractivity contribution in [3.63, 3.8) is 0 Å². The van der Waals surface area contributed by atoms with Gasteiger partial charge in [0.25, 0.3) is 5.91 Å². The summed E-state index contributed by atoms with van der Waals surface area (Å²) in [5.74, 6) is -1.05. The number of sulfonamides is 1. The molecule has 3 rings (SSSR count). The van der Waals surface area contributed by atoms with Gasteiger partial charge in [-0.15, -0.1) is 0 Å². The molecule has 0 aliphatic carbocycles. The maximum absolute atomic E-state index is 13.6. The molecule has 2 aromatic rings. The van der Waals surface area contributed by atoms with E-state index in [9.17, 15) is 17.6 Å². The molecular formula is C18H18BrFN2O3S. The zero-order chi connectivity index (χ0) is 18.7. The van der Waals surface area contributed by atoms with E-state index in [1.54, 1.807) is 12.1 Å². The number of hydrogen-bond acceptors (Lipinski definition) is 3. The summed E-state index contributed by atoms with van der Waals surface area (Å²) in [6, 6.07) is 10.2. The third-order valence-electron chi connectivity index (χ3n) is 4.23. The van der Waals surface area contributed by atoms with Crippen molar-refractivity contribution in [3.05, 3.63) is 58.3 Å². The van der Waals surface area contributed by atoms with Gasteiger partial charge in [0.15, 0.2) is 0 Å². The molecule has 0 unspecified atom stereocenters. The molecule has 138 valence electrons. The molecular weight excluding hydrogens is 423 g/mol. The smallest absolute Gasteiger partial charge is 0.255 e. The Morgan fingerprint density at radius 1 is 1.08 bits per heavy atom. The van der Waals surface area contributed by atoms with Gasteiger partial charge >= 0.3 is 0 Å². The van der Waals surface area contributed by atoms with E-state index in [1.807, 2.05) is 0 Å². The molecule has 1 aliphatic rings. The Morgan fingerprint density at radius 3 is 2.50 bits per heavy atom. The second kappa shape index (κ2) is 7.85. The SMILES string of the molecule is O=C(Nc1cccc(S(=O)(=O)N2CCCCC2)c1)c1ccc(Br)c(F)c1. The fourth-order valence-corrected chi connectivity index (χ4v) is 4.64. The number of rotatable bonds is 4. The lowest BCUT2D eigenvalue weighted by Gasteiger charge is -2.26. The van der Waals surface area contributed by atoms with Crippen LogP contribution in [0.25, 0.3) is 0 Å². The van der Waals surface area contributed by atoms with Crippen LogP contribution < -0.4 is 5.32 Å². The molecule has 26 heavy (non-hydrogen) atoms. The monoisotopic (exact) mass is 440 g/mol. The van der Waals surface area contributed by atoms with Crippen molar-refractivity contribution in [2.75, 3.05) is 18.4 Å². The fourth-order valence-electron chi connectivity index (χ4n) is 2.83. The number of carbonyl (C=O) groups is 1. The van der Waals surface area contributed by atoms with Crippen LogP contribution in [0.5, 0.6) is 0 Å². The molecule has 1 amide bonds. The molecule has 1 fully saturated rings. The Hall–Kier alpha value is -1.77. The van der Waals surface area contributed by atoms with E-state index in [4.69, 9.17) is 0 Å². The predicted molar refractivity (Wildman–Crippen MR) is 101 cm³/mol. The molecule has 8 heteroatoms. The normalized spacial score (nSPS) is 15.6. The van der Waals surface area contributed by atoms with Crippen LogP contribution in [0.1, 0.15) is 29.6 Å². The highest BCUT2D eigenvalue weighted by Crippen LogP contribution is 2.23. The van der Waals surface area contributed by atoms with E-state index in [0.717, 1.165) is 25.3 Å². The number of anilines is 1. The number of nitrogens with zero attached hydrogens (tertiary/aromatic N) is 1. The number of benzene rings is 2. The summed E-state index contributed by atoms with van der Waals surface area (Å²) < 4.78 is 40.8. The maximum atomic E-state index is 13.6. The summed E-state index contributed by atoms with van der Waals surface area (Å²) in [7, 11) is -3.58.